The van der Waals surface area contributed by atoms with Crippen LogP contribution in [0.3, 0.4) is 0 Å². The summed E-state index contributed by atoms with van der Waals surface area (Å²) in [5, 5.41) is 2.87. The first-order chi connectivity index (χ1) is 6.36. The summed E-state index contributed by atoms with van der Waals surface area (Å²) in [7, 11) is 0. The smallest absolute Gasteiger partial charge is 0.227 e. The van der Waals surface area contributed by atoms with E-state index in [1.165, 1.54) is 6.42 Å². The highest BCUT2D eigenvalue weighted by atomic mass is 16.1. The number of anilines is 1. The Labute approximate surface area is 78.0 Å². The first-order valence-electron chi connectivity index (χ1n) is 4.63. The maximum absolute atomic E-state index is 11.5. The first kappa shape index (κ1) is 8.30. The van der Waals surface area contributed by atoms with Crippen LogP contribution in [0.5, 0.6) is 0 Å². The van der Waals surface area contributed by atoms with E-state index < -0.39 is 0 Å². The van der Waals surface area contributed by atoms with E-state index in [2.05, 4.69) is 11.4 Å². The third-order valence-electron chi connectivity index (χ3n) is 2.45. The van der Waals surface area contributed by atoms with Crippen LogP contribution in [0, 0.1) is 12.0 Å². The highest BCUT2D eigenvalue weighted by molar-refractivity contribution is 5.92. The van der Waals surface area contributed by atoms with Crippen molar-refractivity contribution in [2.75, 3.05) is 5.32 Å². The van der Waals surface area contributed by atoms with Gasteiger partial charge in [-0.25, -0.2) is 0 Å². The summed E-state index contributed by atoms with van der Waals surface area (Å²) in [4.78, 5) is 11.5. The summed E-state index contributed by atoms with van der Waals surface area (Å²) < 4.78 is 0. The lowest BCUT2D eigenvalue weighted by atomic mass is 9.85. The maximum Gasteiger partial charge on any atom is 0.227 e. The normalized spacial score (nSPS) is 16.3. The maximum atomic E-state index is 11.5. The molecule has 1 aliphatic carbocycles. The van der Waals surface area contributed by atoms with E-state index in [9.17, 15) is 4.79 Å². The molecule has 1 aromatic carbocycles. The van der Waals surface area contributed by atoms with Crippen molar-refractivity contribution in [3.63, 3.8) is 0 Å². The number of carbonyl (C=O) groups excluding carboxylic acids is 1. The van der Waals surface area contributed by atoms with Gasteiger partial charge < -0.3 is 5.32 Å². The van der Waals surface area contributed by atoms with Gasteiger partial charge in [-0.3, -0.25) is 4.79 Å². The molecule has 1 aromatic rings. The van der Waals surface area contributed by atoms with Gasteiger partial charge in [0.05, 0.1) is 0 Å². The molecule has 1 N–H and O–H groups in total. The minimum absolute atomic E-state index is 0.158. The number of hydrogen-bond donors (Lipinski definition) is 1. The Morgan fingerprint density at radius 3 is 2.92 bits per heavy atom. The van der Waals surface area contributed by atoms with Crippen molar-refractivity contribution in [1.82, 2.24) is 0 Å². The molecular weight excluding hydrogens is 162 g/mol. The Morgan fingerprint density at radius 1 is 1.54 bits per heavy atom. The van der Waals surface area contributed by atoms with Crippen LogP contribution in [-0.2, 0) is 4.79 Å². The van der Waals surface area contributed by atoms with Crippen LogP contribution in [0.4, 0.5) is 5.69 Å². The van der Waals surface area contributed by atoms with Gasteiger partial charge in [0.1, 0.15) is 0 Å². The zero-order chi connectivity index (χ0) is 9.10. The number of nitrogens with one attached hydrogen (secondary N) is 1. The predicted octanol–water partition coefficient (Wildman–Crippen LogP) is 2.23. The molecule has 13 heavy (non-hydrogen) atoms. The van der Waals surface area contributed by atoms with Gasteiger partial charge in [-0.1, -0.05) is 18.6 Å². The average molecular weight is 174 g/mol. The lowest BCUT2D eigenvalue weighted by molar-refractivity contribution is -0.122. The van der Waals surface area contributed by atoms with Crippen LogP contribution in [0.25, 0.3) is 0 Å². The monoisotopic (exact) mass is 174 g/mol. The van der Waals surface area contributed by atoms with E-state index in [1.807, 2.05) is 18.2 Å². The molecule has 0 aliphatic heterocycles. The van der Waals surface area contributed by atoms with Gasteiger partial charge in [-0.15, -0.1) is 0 Å². The topological polar surface area (TPSA) is 29.1 Å². The van der Waals surface area contributed by atoms with Gasteiger partial charge in [0.2, 0.25) is 5.91 Å². The van der Waals surface area contributed by atoms with E-state index >= 15 is 0 Å². The summed E-state index contributed by atoms with van der Waals surface area (Å²) in [6.45, 7) is 0. The van der Waals surface area contributed by atoms with Gasteiger partial charge in [0.25, 0.3) is 0 Å². The Balaban J connectivity index is 1.94. The molecule has 2 rings (SSSR count). The van der Waals surface area contributed by atoms with Gasteiger partial charge >= 0.3 is 0 Å². The minimum atomic E-state index is 0.158. The fourth-order valence-electron chi connectivity index (χ4n) is 1.39. The molecule has 1 saturated carbocycles. The SMILES string of the molecule is O=C(Nc1c[c]ccc1)C1CCC1. The van der Waals surface area contributed by atoms with Crippen LogP contribution in [0.1, 0.15) is 19.3 Å². The van der Waals surface area contributed by atoms with Crippen LogP contribution in [0.2, 0.25) is 0 Å². The fraction of sp³-hybridized carbons (Fsp3) is 0.364. The van der Waals surface area contributed by atoms with Crippen molar-refractivity contribution in [3.05, 3.63) is 30.3 Å². The summed E-state index contributed by atoms with van der Waals surface area (Å²) >= 11 is 0. The van der Waals surface area contributed by atoms with E-state index in [4.69, 9.17) is 0 Å². The molecule has 0 bridgehead atoms. The number of benzene rings is 1. The summed E-state index contributed by atoms with van der Waals surface area (Å²) in [5.41, 5.74) is 0.847. The molecule has 2 nitrogen and oxygen atoms in total. The van der Waals surface area contributed by atoms with Crippen LogP contribution in [-0.4, -0.2) is 5.91 Å². The molecule has 0 atom stereocenters. The highest BCUT2D eigenvalue weighted by Gasteiger charge is 2.24. The summed E-state index contributed by atoms with van der Waals surface area (Å²) in [6.07, 6.45) is 3.28. The van der Waals surface area contributed by atoms with Crippen molar-refractivity contribution >= 4 is 11.6 Å². The zero-order valence-electron chi connectivity index (χ0n) is 7.42. The molecule has 0 saturated heterocycles. The molecule has 0 unspecified atom stereocenters. The van der Waals surface area contributed by atoms with E-state index in [1.54, 1.807) is 6.07 Å². The molecule has 0 spiro atoms. The highest BCUT2D eigenvalue weighted by Crippen LogP contribution is 2.27. The Kier molecular flexibility index (Phi) is 2.30. The minimum Gasteiger partial charge on any atom is -0.326 e. The van der Waals surface area contributed by atoms with E-state index in [-0.39, 0.29) is 11.8 Å². The van der Waals surface area contributed by atoms with Crippen LogP contribution < -0.4 is 5.32 Å². The summed E-state index contributed by atoms with van der Waals surface area (Å²) in [5.74, 6) is 0.408. The fourth-order valence-corrected chi connectivity index (χ4v) is 1.39. The number of hydrogen-bond acceptors (Lipinski definition) is 1. The lowest BCUT2D eigenvalue weighted by Gasteiger charge is -2.23. The van der Waals surface area contributed by atoms with Crippen LogP contribution >= 0.6 is 0 Å². The zero-order valence-corrected chi connectivity index (χ0v) is 7.42. The quantitative estimate of drug-likeness (QED) is 0.731. The molecule has 1 fully saturated rings. The Bertz CT molecular complexity index is 290. The Hall–Kier alpha value is -1.31. The second-order valence-corrected chi connectivity index (χ2v) is 3.41. The van der Waals surface area contributed by atoms with Gasteiger partial charge in [-0.05, 0) is 31.0 Å². The van der Waals surface area contributed by atoms with Crippen molar-refractivity contribution in [1.29, 1.82) is 0 Å². The molecule has 2 heteroatoms. The first-order valence-corrected chi connectivity index (χ1v) is 4.63. The standard InChI is InChI=1S/C11H12NO/c13-11(9-5-4-6-9)12-10-7-2-1-3-8-10/h1-2,7-9H,4-6H2,(H,12,13). The summed E-state index contributed by atoms with van der Waals surface area (Å²) in [6, 6.07) is 10.3. The molecule has 67 valence electrons. The molecule has 1 radical (unpaired) electrons. The van der Waals surface area contributed by atoms with E-state index in [0.717, 1.165) is 18.5 Å². The van der Waals surface area contributed by atoms with Crippen molar-refractivity contribution in [2.24, 2.45) is 5.92 Å². The average Bonchev–Trinajstić information content (AvgIpc) is 2.02. The van der Waals surface area contributed by atoms with Crippen molar-refractivity contribution in [3.8, 4) is 0 Å². The second-order valence-electron chi connectivity index (χ2n) is 3.41. The van der Waals surface area contributed by atoms with Gasteiger partial charge in [0.15, 0.2) is 0 Å². The third kappa shape index (κ3) is 1.89. The lowest BCUT2D eigenvalue weighted by Crippen LogP contribution is -2.27. The Morgan fingerprint density at radius 2 is 2.38 bits per heavy atom. The molecule has 1 amide bonds. The largest absolute Gasteiger partial charge is 0.326 e. The van der Waals surface area contributed by atoms with Crippen LogP contribution in [0.15, 0.2) is 24.3 Å². The second kappa shape index (κ2) is 3.60. The number of rotatable bonds is 2. The number of amides is 1. The van der Waals surface area contributed by atoms with Gasteiger partial charge in [-0.2, -0.15) is 0 Å². The molecule has 1 aliphatic rings. The van der Waals surface area contributed by atoms with Gasteiger partial charge in [0, 0.05) is 11.6 Å². The molecule has 0 heterocycles. The van der Waals surface area contributed by atoms with Crippen molar-refractivity contribution in [2.45, 2.75) is 19.3 Å². The van der Waals surface area contributed by atoms with E-state index in [0.29, 0.717) is 0 Å². The molecular formula is C11H12NO. The number of carbonyl (C=O) groups is 1. The van der Waals surface area contributed by atoms with Crippen molar-refractivity contribution < 1.29 is 4.79 Å². The third-order valence-corrected chi connectivity index (χ3v) is 2.45. The predicted molar refractivity (Wildman–Crippen MR) is 51.2 cm³/mol. The molecule has 0 aromatic heterocycles.